The molecule has 0 saturated heterocycles. The summed E-state index contributed by atoms with van der Waals surface area (Å²) in [5.41, 5.74) is 5.63. The fourth-order valence-electron chi connectivity index (χ4n) is 2.27. The van der Waals surface area contributed by atoms with Crippen LogP contribution in [0.1, 0.15) is 11.1 Å². The molecule has 7 heteroatoms. The van der Waals surface area contributed by atoms with Crippen LogP contribution in [-0.2, 0) is 11.8 Å². The first-order valence-corrected chi connectivity index (χ1v) is 9.08. The van der Waals surface area contributed by atoms with E-state index >= 15 is 0 Å². The van der Waals surface area contributed by atoms with Crippen LogP contribution in [0, 0.1) is 6.92 Å². The molecule has 1 N–H and O–H groups in total. The normalized spacial score (nSPS) is 11.0. The quantitative estimate of drug-likeness (QED) is 0.414. The van der Waals surface area contributed by atoms with Crippen LogP contribution in [0.4, 0.5) is 0 Å². The van der Waals surface area contributed by atoms with Crippen molar-refractivity contribution in [1.29, 1.82) is 0 Å². The van der Waals surface area contributed by atoms with E-state index in [1.165, 1.54) is 17.3 Å². The summed E-state index contributed by atoms with van der Waals surface area (Å²) in [4.78, 5) is 11.9. The summed E-state index contributed by atoms with van der Waals surface area (Å²) in [5, 5.41) is 13.0. The summed E-state index contributed by atoms with van der Waals surface area (Å²) < 4.78 is 1.88. The molecule has 0 aliphatic rings. The second kappa shape index (κ2) is 8.44. The van der Waals surface area contributed by atoms with E-state index in [0.717, 1.165) is 17.0 Å². The topological polar surface area (TPSA) is 72.2 Å². The van der Waals surface area contributed by atoms with Crippen LogP contribution in [0.15, 0.2) is 64.9 Å². The van der Waals surface area contributed by atoms with E-state index in [2.05, 4.69) is 20.7 Å². The van der Waals surface area contributed by atoms with Crippen molar-refractivity contribution in [2.45, 2.75) is 12.1 Å². The van der Waals surface area contributed by atoms with Crippen molar-refractivity contribution < 1.29 is 4.79 Å². The second-order valence-electron chi connectivity index (χ2n) is 5.72. The number of benzene rings is 2. The van der Waals surface area contributed by atoms with Crippen molar-refractivity contribution in [1.82, 2.24) is 20.2 Å². The van der Waals surface area contributed by atoms with Crippen LogP contribution >= 0.6 is 11.8 Å². The molecule has 132 valence electrons. The zero-order chi connectivity index (χ0) is 18.4. The van der Waals surface area contributed by atoms with Gasteiger partial charge in [-0.05, 0) is 12.5 Å². The first-order chi connectivity index (χ1) is 12.6. The van der Waals surface area contributed by atoms with Crippen molar-refractivity contribution in [2.75, 3.05) is 5.75 Å². The van der Waals surface area contributed by atoms with Gasteiger partial charge in [-0.25, -0.2) is 5.43 Å². The molecule has 0 bridgehead atoms. The highest BCUT2D eigenvalue weighted by Gasteiger charge is 2.12. The third kappa shape index (κ3) is 4.58. The first kappa shape index (κ1) is 17.9. The zero-order valence-corrected chi connectivity index (χ0v) is 15.4. The summed E-state index contributed by atoms with van der Waals surface area (Å²) >= 11 is 1.32. The summed E-state index contributed by atoms with van der Waals surface area (Å²) in [5.74, 6) is 0.792. The highest BCUT2D eigenvalue weighted by atomic mass is 32.2. The maximum atomic E-state index is 11.9. The second-order valence-corrected chi connectivity index (χ2v) is 6.67. The molecule has 0 fully saturated rings. The van der Waals surface area contributed by atoms with E-state index in [0.29, 0.717) is 5.16 Å². The minimum Gasteiger partial charge on any atom is -0.305 e. The molecule has 1 heterocycles. The van der Waals surface area contributed by atoms with E-state index in [1.807, 2.05) is 73.1 Å². The molecule has 0 aliphatic carbocycles. The number of nitrogens with zero attached hydrogens (tertiary/aromatic N) is 4. The molecule has 1 aromatic heterocycles. The monoisotopic (exact) mass is 365 g/mol. The maximum absolute atomic E-state index is 11.9. The van der Waals surface area contributed by atoms with Gasteiger partial charge in [0, 0.05) is 12.6 Å². The number of hydrogen-bond acceptors (Lipinski definition) is 5. The Hall–Kier alpha value is -2.93. The largest absolute Gasteiger partial charge is 0.305 e. The Labute approximate surface area is 156 Å². The fraction of sp³-hybridized carbons (Fsp3) is 0.158. The number of aryl methyl sites for hydroxylation is 1. The molecular weight excluding hydrogens is 346 g/mol. The van der Waals surface area contributed by atoms with E-state index in [9.17, 15) is 4.79 Å². The van der Waals surface area contributed by atoms with Gasteiger partial charge in [0.15, 0.2) is 11.0 Å². The van der Waals surface area contributed by atoms with Gasteiger partial charge in [-0.3, -0.25) is 4.79 Å². The molecule has 0 saturated carbocycles. The Morgan fingerprint density at radius 2 is 1.88 bits per heavy atom. The molecule has 6 nitrogen and oxygen atoms in total. The molecule has 3 rings (SSSR count). The van der Waals surface area contributed by atoms with Crippen molar-refractivity contribution in [2.24, 2.45) is 12.1 Å². The minimum absolute atomic E-state index is 0.192. The van der Waals surface area contributed by atoms with Gasteiger partial charge in [0.2, 0.25) is 0 Å². The Kier molecular flexibility index (Phi) is 5.80. The number of hydrazone groups is 1. The number of nitrogens with one attached hydrogen (secondary N) is 1. The third-order valence-electron chi connectivity index (χ3n) is 3.68. The minimum atomic E-state index is -0.192. The third-order valence-corrected chi connectivity index (χ3v) is 4.70. The molecule has 0 unspecified atom stereocenters. The fourth-order valence-corrected chi connectivity index (χ4v) is 2.98. The molecule has 3 aromatic rings. The number of hydrogen-bond donors (Lipinski definition) is 1. The lowest BCUT2D eigenvalue weighted by molar-refractivity contribution is -0.118. The molecule has 0 radical (unpaired) electrons. The van der Waals surface area contributed by atoms with Crippen LogP contribution in [0.2, 0.25) is 0 Å². The number of thioether (sulfide) groups is 1. The van der Waals surface area contributed by atoms with Gasteiger partial charge in [0.05, 0.1) is 12.0 Å². The summed E-state index contributed by atoms with van der Waals surface area (Å²) in [7, 11) is 1.89. The first-order valence-electron chi connectivity index (χ1n) is 8.09. The average molecular weight is 365 g/mol. The van der Waals surface area contributed by atoms with Crippen LogP contribution < -0.4 is 5.43 Å². The maximum Gasteiger partial charge on any atom is 0.250 e. The van der Waals surface area contributed by atoms with E-state index < -0.39 is 0 Å². The van der Waals surface area contributed by atoms with Crippen molar-refractivity contribution in [3.05, 3.63) is 65.7 Å². The number of rotatable bonds is 6. The number of carbonyl (C=O) groups is 1. The van der Waals surface area contributed by atoms with Gasteiger partial charge in [-0.1, -0.05) is 71.9 Å². The lowest BCUT2D eigenvalue weighted by atomic mass is 10.2. The van der Waals surface area contributed by atoms with Crippen LogP contribution in [-0.4, -0.2) is 32.6 Å². The number of carbonyl (C=O) groups excluding carboxylic acids is 1. The van der Waals surface area contributed by atoms with E-state index in [4.69, 9.17) is 0 Å². The van der Waals surface area contributed by atoms with Crippen LogP contribution in [0.3, 0.4) is 0 Å². The Balaban J connectivity index is 1.53. The lowest BCUT2D eigenvalue weighted by Gasteiger charge is -2.03. The van der Waals surface area contributed by atoms with Crippen molar-refractivity contribution >= 4 is 23.9 Å². The SMILES string of the molecule is Cc1ccc(C=NNC(=O)CSc2nnc(-c3ccccc3)n2C)cc1. The smallest absolute Gasteiger partial charge is 0.250 e. The van der Waals surface area contributed by atoms with Crippen LogP contribution in [0.25, 0.3) is 11.4 Å². The number of amides is 1. The average Bonchev–Trinajstić information content (AvgIpc) is 3.03. The standard InChI is InChI=1S/C19H19N5OS/c1-14-8-10-15(11-9-14)12-20-21-17(25)13-26-19-23-22-18(24(19)2)16-6-4-3-5-7-16/h3-12H,13H2,1-2H3,(H,21,25). The summed E-state index contributed by atoms with van der Waals surface area (Å²) in [6.07, 6.45) is 1.62. The molecule has 0 atom stereocenters. The molecule has 26 heavy (non-hydrogen) atoms. The molecule has 0 spiro atoms. The zero-order valence-electron chi connectivity index (χ0n) is 14.6. The van der Waals surface area contributed by atoms with E-state index in [1.54, 1.807) is 6.21 Å². The summed E-state index contributed by atoms with van der Waals surface area (Å²) in [6, 6.07) is 17.7. The molecule has 0 aliphatic heterocycles. The molecule has 1 amide bonds. The van der Waals surface area contributed by atoms with Gasteiger partial charge >= 0.3 is 0 Å². The van der Waals surface area contributed by atoms with Crippen molar-refractivity contribution in [3.63, 3.8) is 0 Å². The van der Waals surface area contributed by atoms with Gasteiger partial charge in [0.25, 0.3) is 5.91 Å². The lowest BCUT2D eigenvalue weighted by Crippen LogP contribution is -2.19. The summed E-state index contributed by atoms with van der Waals surface area (Å²) in [6.45, 7) is 2.02. The highest BCUT2D eigenvalue weighted by molar-refractivity contribution is 7.99. The van der Waals surface area contributed by atoms with Gasteiger partial charge in [-0.15, -0.1) is 10.2 Å². The number of aromatic nitrogens is 3. The van der Waals surface area contributed by atoms with Gasteiger partial charge in [0.1, 0.15) is 0 Å². The Bertz CT molecular complexity index is 903. The molecule has 2 aromatic carbocycles. The predicted octanol–water partition coefficient (Wildman–Crippen LogP) is 3.03. The Morgan fingerprint density at radius 1 is 1.15 bits per heavy atom. The highest BCUT2D eigenvalue weighted by Crippen LogP contribution is 2.22. The van der Waals surface area contributed by atoms with E-state index in [-0.39, 0.29) is 11.7 Å². The van der Waals surface area contributed by atoms with Crippen molar-refractivity contribution in [3.8, 4) is 11.4 Å². The Morgan fingerprint density at radius 3 is 2.62 bits per heavy atom. The van der Waals surface area contributed by atoms with Crippen LogP contribution in [0.5, 0.6) is 0 Å². The van der Waals surface area contributed by atoms with Gasteiger partial charge < -0.3 is 4.57 Å². The van der Waals surface area contributed by atoms with Gasteiger partial charge in [-0.2, -0.15) is 5.10 Å². The molecular formula is C19H19N5OS. The predicted molar refractivity (Wildman–Crippen MR) is 104 cm³/mol.